The van der Waals surface area contributed by atoms with Crippen LogP contribution in [0.25, 0.3) is 32.1 Å². The zero-order valence-electron chi connectivity index (χ0n) is 12.8. The van der Waals surface area contributed by atoms with E-state index in [1.54, 1.807) is 7.11 Å². The van der Waals surface area contributed by atoms with E-state index in [1.807, 2.05) is 29.6 Å². The molecule has 0 saturated heterocycles. The summed E-state index contributed by atoms with van der Waals surface area (Å²) in [6.07, 6.45) is 0. The minimum absolute atomic E-state index is 0.0390. The first-order valence-electron chi connectivity index (χ1n) is 7.36. The van der Waals surface area contributed by atoms with Crippen LogP contribution in [0.2, 0.25) is 0 Å². The third-order valence-electron chi connectivity index (χ3n) is 4.08. The van der Waals surface area contributed by atoms with Gasteiger partial charge in [-0.25, -0.2) is 0 Å². The fraction of sp³-hybridized carbons (Fsp3) is 0.105. The first-order chi connectivity index (χ1) is 11.2. The Morgan fingerprint density at radius 1 is 1.13 bits per heavy atom. The van der Waals surface area contributed by atoms with E-state index in [0.717, 1.165) is 37.9 Å². The van der Waals surface area contributed by atoms with Gasteiger partial charge < -0.3 is 9.72 Å². The largest absolute Gasteiger partial charge is 0.496 e. The van der Waals surface area contributed by atoms with Gasteiger partial charge in [0.05, 0.1) is 7.11 Å². The van der Waals surface area contributed by atoms with E-state index in [1.165, 1.54) is 16.9 Å². The lowest BCUT2D eigenvalue weighted by Crippen LogP contribution is -2.05. The van der Waals surface area contributed by atoms with Gasteiger partial charge in [0.25, 0.3) is 5.56 Å². The number of thiophene rings is 1. The van der Waals surface area contributed by atoms with Gasteiger partial charge in [-0.15, -0.1) is 11.3 Å². The molecule has 0 saturated carbocycles. The number of hydrogen-bond donors (Lipinski definition) is 1. The molecule has 2 aromatic heterocycles. The Bertz CT molecular complexity index is 1090. The first kappa shape index (κ1) is 14.0. The number of ether oxygens (including phenoxy) is 1. The number of nitrogens with one attached hydrogen (secondary N) is 1. The van der Waals surface area contributed by atoms with Gasteiger partial charge in [-0.2, -0.15) is 0 Å². The van der Waals surface area contributed by atoms with Crippen molar-refractivity contribution in [2.45, 2.75) is 6.92 Å². The molecule has 0 amide bonds. The topological polar surface area (TPSA) is 42.1 Å². The summed E-state index contributed by atoms with van der Waals surface area (Å²) in [6, 6.07) is 14.2. The van der Waals surface area contributed by atoms with Gasteiger partial charge in [-0.05, 0) is 36.1 Å². The summed E-state index contributed by atoms with van der Waals surface area (Å²) >= 11 is 1.46. The predicted octanol–water partition coefficient (Wildman–Crippen LogP) is 4.73. The summed E-state index contributed by atoms with van der Waals surface area (Å²) in [7, 11) is 1.68. The molecule has 0 aliphatic heterocycles. The molecule has 3 nitrogen and oxygen atoms in total. The van der Waals surface area contributed by atoms with E-state index in [2.05, 4.69) is 30.1 Å². The highest BCUT2D eigenvalue weighted by Gasteiger charge is 2.16. The van der Waals surface area contributed by atoms with Crippen LogP contribution in [0.3, 0.4) is 0 Å². The standard InChI is InChI=1S/C19H15NO2S/c1-11-4-3-5-12(10-11)16-15(22-2)7-6-14-17(16)13-8-9-23-18(13)19(21)20-14/h3-10H,1-2H3,(H,20,21). The Morgan fingerprint density at radius 3 is 2.78 bits per heavy atom. The Kier molecular flexibility index (Phi) is 3.20. The molecule has 23 heavy (non-hydrogen) atoms. The first-order valence-corrected chi connectivity index (χ1v) is 8.24. The predicted molar refractivity (Wildman–Crippen MR) is 96.7 cm³/mol. The zero-order chi connectivity index (χ0) is 16.0. The van der Waals surface area contributed by atoms with Gasteiger partial charge >= 0.3 is 0 Å². The molecule has 114 valence electrons. The smallest absolute Gasteiger partial charge is 0.266 e. The second-order valence-electron chi connectivity index (χ2n) is 5.55. The number of hydrogen-bond acceptors (Lipinski definition) is 3. The van der Waals surface area contributed by atoms with Crippen LogP contribution < -0.4 is 10.3 Å². The molecule has 0 unspecified atom stereocenters. The summed E-state index contributed by atoms with van der Waals surface area (Å²) in [5, 5.41) is 3.97. The van der Waals surface area contributed by atoms with Crippen molar-refractivity contribution in [2.24, 2.45) is 0 Å². The average Bonchev–Trinajstić information content (AvgIpc) is 3.04. The third-order valence-corrected chi connectivity index (χ3v) is 5.00. The van der Waals surface area contributed by atoms with Gasteiger partial charge in [0.1, 0.15) is 10.4 Å². The van der Waals surface area contributed by atoms with E-state index in [4.69, 9.17) is 4.74 Å². The van der Waals surface area contributed by atoms with E-state index in [-0.39, 0.29) is 5.56 Å². The van der Waals surface area contributed by atoms with Crippen LogP contribution in [0, 0.1) is 6.92 Å². The average molecular weight is 321 g/mol. The lowest BCUT2D eigenvalue weighted by Gasteiger charge is -2.13. The Balaban J connectivity index is 2.24. The van der Waals surface area contributed by atoms with Gasteiger partial charge in [-0.3, -0.25) is 4.79 Å². The summed E-state index contributed by atoms with van der Waals surface area (Å²) in [4.78, 5) is 15.2. The molecule has 0 radical (unpaired) electrons. The lowest BCUT2D eigenvalue weighted by atomic mass is 9.96. The van der Waals surface area contributed by atoms with Gasteiger partial charge in [0.15, 0.2) is 0 Å². The van der Waals surface area contributed by atoms with E-state index in [9.17, 15) is 4.79 Å². The second-order valence-corrected chi connectivity index (χ2v) is 6.47. The Labute approximate surface area is 137 Å². The normalized spacial score (nSPS) is 11.2. The molecular formula is C19H15NO2S. The van der Waals surface area contributed by atoms with E-state index < -0.39 is 0 Å². The molecule has 4 heteroatoms. The summed E-state index contributed by atoms with van der Waals surface area (Å²) in [6.45, 7) is 2.07. The van der Waals surface area contributed by atoms with E-state index in [0.29, 0.717) is 0 Å². The van der Waals surface area contributed by atoms with Crippen molar-refractivity contribution in [3.63, 3.8) is 0 Å². The van der Waals surface area contributed by atoms with Crippen LogP contribution in [-0.4, -0.2) is 12.1 Å². The van der Waals surface area contributed by atoms with Crippen LogP contribution >= 0.6 is 11.3 Å². The van der Waals surface area contributed by atoms with Crippen LogP contribution in [-0.2, 0) is 0 Å². The number of aromatic nitrogens is 1. The highest BCUT2D eigenvalue weighted by Crippen LogP contribution is 2.40. The van der Waals surface area contributed by atoms with Crippen molar-refractivity contribution in [2.75, 3.05) is 7.11 Å². The number of pyridine rings is 1. The SMILES string of the molecule is COc1ccc2[nH]c(=O)c3sccc3c2c1-c1cccc(C)c1. The van der Waals surface area contributed by atoms with E-state index >= 15 is 0 Å². The van der Waals surface area contributed by atoms with Crippen molar-refractivity contribution in [3.8, 4) is 16.9 Å². The van der Waals surface area contributed by atoms with Crippen molar-refractivity contribution in [3.05, 3.63) is 63.8 Å². The van der Waals surface area contributed by atoms with Crippen molar-refractivity contribution in [1.29, 1.82) is 0 Å². The maximum absolute atomic E-state index is 12.2. The van der Waals surface area contributed by atoms with Crippen molar-refractivity contribution < 1.29 is 4.74 Å². The molecule has 4 rings (SSSR count). The van der Waals surface area contributed by atoms with Crippen LogP contribution in [0.5, 0.6) is 5.75 Å². The quantitative estimate of drug-likeness (QED) is 0.580. The molecule has 4 aromatic rings. The number of methoxy groups -OCH3 is 1. The molecule has 0 atom stereocenters. The van der Waals surface area contributed by atoms with Gasteiger partial charge in [0, 0.05) is 21.9 Å². The molecular weight excluding hydrogens is 306 g/mol. The summed E-state index contributed by atoms with van der Waals surface area (Å²) in [5.74, 6) is 0.808. The van der Waals surface area contributed by atoms with Crippen LogP contribution in [0.4, 0.5) is 0 Å². The lowest BCUT2D eigenvalue weighted by molar-refractivity contribution is 0.417. The third kappa shape index (κ3) is 2.14. The molecule has 2 aromatic carbocycles. The Hall–Kier alpha value is -2.59. The van der Waals surface area contributed by atoms with Crippen LogP contribution in [0.1, 0.15) is 5.56 Å². The summed E-state index contributed by atoms with van der Waals surface area (Å²) < 4.78 is 6.36. The maximum Gasteiger partial charge on any atom is 0.266 e. The molecule has 0 spiro atoms. The zero-order valence-corrected chi connectivity index (χ0v) is 13.7. The fourth-order valence-electron chi connectivity index (χ4n) is 3.09. The van der Waals surface area contributed by atoms with Crippen LogP contribution in [0.15, 0.2) is 52.6 Å². The highest BCUT2D eigenvalue weighted by atomic mass is 32.1. The summed E-state index contributed by atoms with van der Waals surface area (Å²) in [5.41, 5.74) is 4.09. The molecule has 0 aliphatic carbocycles. The molecule has 2 heterocycles. The van der Waals surface area contributed by atoms with Crippen molar-refractivity contribution in [1.82, 2.24) is 4.98 Å². The second kappa shape index (κ2) is 5.25. The number of H-pyrrole nitrogens is 1. The number of rotatable bonds is 2. The molecule has 0 aliphatic rings. The number of fused-ring (bicyclic) bond motifs is 3. The molecule has 1 N–H and O–H groups in total. The molecule has 0 fully saturated rings. The van der Waals surface area contributed by atoms with Crippen molar-refractivity contribution >= 4 is 32.3 Å². The molecule has 0 bridgehead atoms. The number of aromatic amines is 1. The van der Waals surface area contributed by atoms with Gasteiger partial charge in [0.2, 0.25) is 0 Å². The highest BCUT2D eigenvalue weighted by molar-refractivity contribution is 7.17. The van der Waals surface area contributed by atoms with Gasteiger partial charge in [-0.1, -0.05) is 29.8 Å². The number of aryl methyl sites for hydroxylation is 1. The number of benzene rings is 2. The minimum Gasteiger partial charge on any atom is -0.496 e. The fourth-order valence-corrected chi connectivity index (χ4v) is 3.88. The maximum atomic E-state index is 12.2. The minimum atomic E-state index is -0.0390. The Morgan fingerprint density at radius 2 is 2.00 bits per heavy atom. The monoisotopic (exact) mass is 321 g/mol.